The highest BCUT2D eigenvalue weighted by Gasteiger charge is 2.43. The molecular formula is C26H23N5O6S. The van der Waals surface area contributed by atoms with Crippen molar-refractivity contribution >= 4 is 38.4 Å². The number of nitrogens with zero attached hydrogens (tertiary/aromatic N) is 2. The molecule has 1 aliphatic rings. The third-order valence-electron chi connectivity index (χ3n) is 6.68. The molecule has 0 radical (unpaired) electrons. The van der Waals surface area contributed by atoms with Gasteiger partial charge in [0.05, 0.1) is 15.9 Å². The smallest absolute Gasteiger partial charge is 0.269 e. The number of aromatic nitrogens is 1. The number of carbonyl (C=O) groups is 2. The molecule has 194 valence electrons. The van der Waals surface area contributed by atoms with Gasteiger partial charge in [0.25, 0.3) is 27.5 Å². The van der Waals surface area contributed by atoms with Crippen molar-refractivity contribution in [2.24, 2.45) is 0 Å². The Balaban J connectivity index is 1.44. The summed E-state index contributed by atoms with van der Waals surface area (Å²) in [6, 6.07) is 17.4. The molecule has 3 N–H and O–H groups in total. The van der Waals surface area contributed by atoms with E-state index >= 15 is 0 Å². The minimum atomic E-state index is -4.23. The lowest BCUT2D eigenvalue weighted by molar-refractivity contribution is -0.384. The van der Waals surface area contributed by atoms with E-state index in [-0.39, 0.29) is 16.5 Å². The molecule has 12 heteroatoms. The van der Waals surface area contributed by atoms with Crippen LogP contribution in [0.15, 0.2) is 77.7 Å². The summed E-state index contributed by atoms with van der Waals surface area (Å²) in [6.45, 7) is 3.43. The van der Waals surface area contributed by atoms with E-state index in [9.17, 15) is 28.1 Å². The van der Waals surface area contributed by atoms with Gasteiger partial charge in [-0.1, -0.05) is 36.4 Å². The van der Waals surface area contributed by atoms with E-state index in [1.54, 1.807) is 12.1 Å². The molecule has 3 aromatic carbocycles. The molecule has 0 bridgehead atoms. The molecule has 2 unspecified atom stereocenters. The molecule has 1 aliphatic heterocycles. The van der Waals surface area contributed by atoms with Gasteiger partial charge in [-0.25, -0.2) is 8.42 Å². The zero-order valence-electron chi connectivity index (χ0n) is 20.3. The largest absolute Gasteiger partial charge is 0.358 e. The zero-order chi connectivity index (χ0) is 27.2. The summed E-state index contributed by atoms with van der Waals surface area (Å²) in [5.41, 5.74) is 5.72. The fourth-order valence-electron chi connectivity index (χ4n) is 4.84. The molecule has 11 nitrogen and oxygen atoms in total. The average Bonchev–Trinajstić information content (AvgIpc) is 3.39. The number of nitro benzene ring substituents is 1. The third kappa shape index (κ3) is 4.19. The number of hydrogen-bond acceptors (Lipinski definition) is 6. The molecule has 0 aliphatic carbocycles. The normalized spacial score (nSPS) is 15.9. The van der Waals surface area contributed by atoms with Crippen molar-refractivity contribution < 1.29 is 22.9 Å². The van der Waals surface area contributed by atoms with Crippen molar-refractivity contribution in [1.29, 1.82) is 0 Å². The predicted molar refractivity (Wildman–Crippen MR) is 139 cm³/mol. The molecule has 0 saturated carbocycles. The molecule has 0 fully saturated rings. The molecule has 4 aromatic rings. The molecular weight excluding hydrogens is 510 g/mol. The Kier molecular flexibility index (Phi) is 6.21. The van der Waals surface area contributed by atoms with Crippen LogP contribution in [-0.2, 0) is 14.8 Å². The van der Waals surface area contributed by atoms with E-state index in [0.717, 1.165) is 52.0 Å². The summed E-state index contributed by atoms with van der Waals surface area (Å²) in [7, 11) is -4.23. The minimum Gasteiger partial charge on any atom is -0.358 e. The zero-order valence-corrected chi connectivity index (χ0v) is 21.2. The second-order valence-electron chi connectivity index (χ2n) is 8.93. The van der Waals surface area contributed by atoms with E-state index in [1.807, 2.05) is 48.2 Å². The van der Waals surface area contributed by atoms with Crippen LogP contribution in [0.2, 0.25) is 0 Å². The predicted octanol–water partition coefficient (Wildman–Crippen LogP) is 3.33. The van der Waals surface area contributed by atoms with Gasteiger partial charge >= 0.3 is 0 Å². The summed E-state index contributed by atoms with van der Waals surface area (Å²) in [4.78, 5) is 43.5. The van der Waals surface area contributed by atoms with Crippen LogP contribution in [0.5, 0.6) is 0 Å². The number of carbonyl (C=O) groups excluding carboxylic acids is 2. The van der Waals surface area contributed by atoms with E-state index in [4.69, 9.17) is 0 Å². The summed E-state index contributed by atoms with van der Waals surface area (Å²) in [5, 5.41) is 11.8. The summed E-state index contributed by atoms with van der Waals surface area (Å²) in [5.74, 6) is -1.10. The molecule has 2 heterocycles. The van der Waals surface area contributed by atoms with Gasteiger partial charge in [-0.2, -0.15) is 0 Å². The number of nitrogens with one attached hydrogen (secondary N) is 3. The molecule has 1 aromatic heterocycles. The van der Waals surface area contributed by atoms with Crippen molar-refractivity contribution in [2.75, 3.05) is 0 Å². The molecule has 0 saturated heterocycles. The summed E-state index contributed by atoms with van der Waals surface area (Å²) < 4.78 is 25.3. The lowest BCUT2D eigenvalue weighted by Gasteiger charge is -2.31. The first-order valence-electron chi connectivity index (χ1n) is 11.6. The molecule has 2 amide bonds. The van der Waals surface area contributed by atoms with Gasteiger partial charge < -0.3 is 9.88 Å². The SMILES string of the molecule is Cc1[nH]c2ccccc2c1C1c2ccccc2C(=O)N1C(C)C(=O)NNS(=O)(=O)c1ccc([N+](=O)[O-])cc1. The monoisotopic (exact) mass is 533 g/mol. The lowest BCUT2D eigenvalue weighted by atomic mass is 9.95. The van der Waals surface area contributed by atoms with Crippen LogP contribution in [-0.4, -0.2) is 41.1 Å². The number of fused-ring (bicyclic) bond motifs is 2. The van der Waals surface area contributed by atoms with E-state index in [1.165, 1.54) is 11.8 Å². The molecule has 5 rings (SSSR count). The highest BCUT2D eigenvalue weighted by atomic mass is 32.2. The summed E-state index contributed by atoms with van der Waals surface area (Å²) in [6.07, 6.45) is 0. The van der Waals surface area contributed by atoms with Crippen LogP contribution in [0.4, 0.5) is 5.69 Å². The van der Waals surface area contributed by atoms with Gasteiger partial charge in [0, 0.05) is 39.9 Å². The Hall–Kier alpha value is -4.55. The number of aryl methyl sites for hydroxylation is 1. The number of hydrazine groups is 1. The van der Waals surface area contributed by atoms with E-state index < -0.39 is 32.9 Å². The van der Waals surface area contributed by atoms with Crippen LogP contribution < -0.4 is 10.3 Å². The van der Waals surface area contributed by atoms with Crippen molar-refractivity contribution in [3.63, 3.8) is 0 Å². The highest BCUT2D eigenvalue weighted by molar-refractivity contribution is 7.89. The quantitative estimate of drug-likeness (QED) is 0.245. The van der Waals surface area contributed by atoms with Crippen molar-refractivity contribution in [1.82, 2.24) is 20.1 Å². The number of benzene rings is 3. The fourth-order valence-corrected chi connectivity index (χ4v) is 5.68. The van der Waals surface area contributed by atoms with Crippen molar-refractivity contribution in [3.05, 3.63) is 105 Å². The summed E-state index contributed by atoms with van der Waals surface area (Å²) >= 11 is 0. The van der Waals surface area contributed by atoms with Gasteiger partial charge in [-0.3, -0.25) is 25.1 Å². The topological polar surface area (TPSA) is 155 Å². The first-order chi connectivity index (χ1) is 18.1. The average molecular weight is 534 g/mol. The number of H-pyrrole nitrogens is 1. The number of non-ortho nitro benzene ring substituents is 1. The van der Waals surface area contributed by atoms with Crippen LogP contribution in [0.1, 0.15) is 40.1 Å². The number of amides is 2. The maximum Gasteiger partial charge on any atom is 0.269 e. The van der Waals surface area contributed by atoms with Crippen LogP contribution >= 0.6 is 0 Å². The Morgan fingerprint density at radius 1 is 1.05 bits per heavy atom. The highest BCUT2D eigenvalue weighted by Crippen LogP contribution is 2.43. The Morgan fingerprint density at radius 3 is 2.42 bits per heavy atom. The van der Waals surface area contributed by atoms with Gasteiger partial charge in [0.2, 0.25) is 0 Å². The first kappa shape index (κ1) is 25.1. The Morgan fingerprint density at radius 2 is 1.71 bits per heavy atom. The Bertz CT molecular complexity index is 1700. The van der Waals surface area contributed by atoms with Gasteiger partial charge in [0.1, 0.15) is 6.04 Å². The number of nitro groups is 1. The molecule has 38 heavy (non-hydrogen) atoms. The maximum absolute atomic E-state index is 13.5. The van der Waals surface area contributed by atoms with Crippen LogP contribution in [0.3, 0.4) is 0 Å². The number of para-hydroxylation sites is 1. The third-order valence-corrected chi connectivity index (χ3v) is 7.94. The van der Waals surface area contributed by atoms with Gasteiger partial charge in [-0.15, -0.1) is 4.83 Å². The van der Waals surface area contributed by atoms with Crippen molar-refractivity contribution in [3.8, 4) is 0 Å². The number of rotatable bonds is 7. The maximum atomic E-state index is 13.5. The number of sulfonamides is 1. The van der Waals surface area contributed by atoms with Crippen molar-refractivity contribution in [2.45, 2.75) is 30.8 Å². The second-order valence-corrected chi connectivity index (χ2v) is 10.6. The number of aromatic amines is 1. The second kappa shape index (κ2) is 9.39. The number of hydrogen-bond donors (Lipinski definition) is 3. The van der Waals surface area contributed by atoms with E-state index in [0.29, 0.717) is 5.56 Å². The molecule has 2 atom stereocenters. The molecule has 0 spiro atoms. The van der Waals surface area contributed by atoms with Gasteiger partial charge in [0.15, 0.2) is 0 Å². The Labute approximate surface area is 217 Å². The van der Waals surface area contributed by atoms with Crippen LogP contribution in [0.25, 0.3) is 10.9 Å². The standard InChI is InChI=1S/C26H23N5O6S/c1-15-23(21-9-5-6-10-22(21)27-15)24-19-7-3-4-8-20(19)26(33)30(24)16(2)25(32)28-29-38(36,37)18-13-11-17(12-14-18)31(34)35/h3-14,16,24,27,29H,1-2H3,(H,28,32). The van der Waals surface area contributed by atoms with Crippen LogP contribution in [0, 0.1) is 17.0 Å². The lowest BCUT2D eigenvalue weighted by Crippen LogP contribution is -2.52. The minimum absolute atomic E-state index is 0.270. The first-order valence-corrected chi connectivity index (χ1v) is 13.1. The van der Waals surface area contributed by atoms with E-state index in [2.05, 4.69) is 10.4 Å². The van der Waals surface area contributed by atoms with Gasteiger partial charge in [-0.05, 0) is 43.7 Å². The fraction of sp³-hybridized carbons (Fsp3) is 0.154.